The Morgan fingerprint density at radius 2 is 1.90 bits per heavy atom. The van der Waals surface area contributed by atoms with Crippen molar-refractivity contribution in [2.45, 2.75) is 33.6 Å². The summed E-state index contributed by atoms with van der Waals surface area (Å²) >= 11 is 0. The molecule has 0 aromatic carbocycles. The van der Waals surface area contributed by atoms with E-state index in [4.69, 9.17) is 5.73 Å². The Hall–Kier alpha value is -0.720. The molecule has 0 atom stereocenters. The third-order valence-electron chi connectivity index (χ3n) is 1.76. The zero-order valence-corrected chi connectivity index (χ0v) is 7.15. The summed E-state index contributed by atoms with van der Waals surface area (Å²) < 4.78 is 0. The van der Waals surface area contributed by atoms with Gasteiger partial charge in [-0.15, -0.1) is 0 Å². The maximum absolute atomic E-state index is 5.28. The molecule has 58 valence electrons. The summed E-state index contributed by atoms with van der Waals surface area (Å²) in [7, 11) is 0. The molecule has 0 fully saturated rings. The third-order valence-corrected chi connectivity index (χ3v) is 1.76. The van der Waals surface area contributed by atoms with Crippen LogP contribution in [-0.4, -0.2) is 0 Å². The fraction of sp³-hybridized carbons (Fsp3) is 0.556. The second-order valence-electron chi connectivity index (χ2n) is 2.37. The van der Waals surface area contributed by atoms with Crippen molar-refractivity contribution in [3.63, 3.8) is 0 Å². The van der Waals surface area contributed by atoms with Gasteiger partial charge in [-0.1, -0.05) is 19.4 Å². The maximum atomic E-state index is 5.28. The molecule has 0 aromatic rings. The summed E-state index contributed by atoms with van der Waals surface area (Å²) in [4.78, 5) is 0. The maximum Gasteiger partial charge on any atom is -0.00596 e. The van der Waals surface area contributed by atoms with Gasteiger partial charge < -0.3 is 5.73 Å². The van der Waals surface area contributed by atoms with E-state index in [0.29, 0.717) is 0 Å². The van der Waals surface area contributed by atoms with Crippen LogP contribution in [0.25, 0.3) is 0 Å². The second kappa shape index (κ2) is 5.10. The van der Waals surface area contributed by atoms with E-state index in [2.05, 4.69) is 20.8 Å². The Labute approximate surface area is 63.6 Å². The molecule has 0 amide bonds. The second-order valence-corrected chi connectivity index (χ2v) is 2.37. The topological polar surface area (TPSA) is 26.0 Å². The monoisotopic (exact) mass is 139 g/mol. The minimum atomic E-state index is 1.08. The fourth-order valence-electron chi connectivity index (χ4n) is 0.905. The molecule has 0 heterocycles. The van der Waals surface area contributed by atoms with Gasteiger partial charge in [-0.2, -0.15) is 0 Å². The molecule has 0 aromatic heterocycles. The van der Waals surface area contributed by atoms with Gasteiger partial charge in [0.2, 0.25) is 0 Å². The van der Waals surface area contributed by atoms with E-state index in [0.717, 1.165) is 12.8 Å². The van der Waals surface area contributed by atoms with Crippen LogP contribution in [0.15, 0.2) is 23.4 Å². The summed E-state index contributed by atoms with van der Waals surface area (Å²) in [5.74, 6) is 0. The van der Waals surface area contributed by atoms with Crippen molar-refractivity contribution in [2.75, 3.05) is 0 Å². The highest BCUT2D eigenvalue weighted by Crippen LogP contribution is 2.11. The van der Waals surface area contributed by atoms with Crippen LogP contribution in [-0.2, 0) is 0 Å². The first-order valence-electron chi connectivity index (χ1n) is 3.83. The van der Waals surface area contributed by atoms with E-state index in [-0.39, 0.29) is 0 Å². The van der Waals surface area contributed by atoms with Crippen molar-refractivity contribution < 1.29 is 0 Å². The summed E-state index contributed by atoms with van der Waals surface area (Å²) in [6.07, 6.45) is 5.79. The van der Waals surface area contributed by atoms with Gasteiger partial charge in [0, 0.05) is 0 Å². The van der Waals surface area contributed by atoms with Crippen molar-refractivity contribution in [3.05, 3.63) is 23.4 Å². The Kier molecular flexibility index (Phi) is 4.73. The van der Waals surface area contributed by atoms with E-state index >= 15 is 0 Å². The lowest BCUT2D eigenvalue weighted by atomic mass is 10.1. The normalized spacial score (nSPS) is 13.9. The molecule has 0 unspecified atom stereocenters. The van der Waals surface area contributed by atoms with Crippen LogP contribution in [0.5, 0.6) is 0 Å². The smallest absolute Gasteiger partial charge is 0.00596 e. The molecule has 2 N–H and O–H groups in total. The molecular formula is C9H17N. The number of hydrogen-bond donors (Lipinski definition) is 1. The molecule has 0 aliphatic carbocycles. The predicted octanol–water partition coefficient (Wildman–Crippen LogP) is 2.60. The lowest BCUT2D eigenvalue weighted by molar-refractivity contribution is 1.01. The highest BCUT2D eigenvalue weighted by molar-refractivity contribution is 5.23. The van der Waals surface area contributed by atoms with Crippen molar-refractivity contribution in [1.29, 1.82) is 0 Å². The lowest BCUT2D eigenvalue weighted by Crippen LogP contribution is -1.85. The molecular weight excluding hydrogens is 122 g/mol. The zero-order chi connectivity index (χ0) is 7.98. The largest absolute Gasteiger partial charge is 0.405 e. The van der Waals surface area contributed by atoms with Gasteiger partial charge >= 0.3 is 0 Å². The fourth-order valence-corrected chi connectivity index (χ4v) is 0.905. The lowest BCUT2D eigenvalue weighted by Gasteiger charge is -2.01. The molecule has 0 saturated carbocycles. The van der Waals surface area contributed by atoms with Crippen molar-refractivity contribution >= 4 is 0 Å². The van der Waals surface area contributed by atoms with Crippen LogP contribution in [0, 0.1) is 0 Å². The molecule has 10 heavy (non-hydrogen) atoms. The molecule has 1 heteroatoms. The van der Waals surface area contributed by atoms with Crippen molar-refractivity contribution in [2.24, 2.45) is 5.73 Å². The van der Waals surface area contributed by atoms with Gasteiger partial charge in [0.15, 0.2) is 0 Å². The summed E-state index contributed by atoms with van der Waals surface area (Å²) in [6, 6.07) is 0. The summed E-state index contributed by atoms with van der Waals surface area (Å²) in [5.41, 5.74) is 8.08. The Bertz CT molecular complexity index is 143. The molecule has 0 saturated heterocycles. The number of allylic oxidation sites excluding steroid dienone is 3. The quantitative estimate of drug-likeness (QED) is 0.597. The van der Waals surface area contributed by atoms with Gasteiger partial charge in [-0.3, -0.25) is 0 Å². The van der Waals surface area contributed by atoms with E-state index in [1.54, 1.807) is 6.20 Å². The van der Waals surface area contributed by atoms with Gasteiger partial charge in [0.25, 0.3) is 0 Å². The molecule has 0 radical (unpaired) electrons. The van der Waals surface area contributed by atoms with Crippen LogP contribution in [0.3, 0.4) is 0 Å². The highest BCUT2D eigenvalue weighted by atomic mass is 14.5. The highest BCUT2D eigenvalue weighted by Gasteiger charge is 1.92. The van der Waals surface area contributed by atoms with Crippen LogP contribution in [0.1, 0.15) is 33.6 Å². The Morgan fingerprint density at radius 3 is 2.20 bits per heavy atom. The average molecular weight is 139 g/mol. The molecule has 0 aliphatic rings. The minimum absolute atomic E-state index is 1.08. The van der Waals surface area contributed by atoms with Crippen molar-refractivity contribution in [1.82, 2.24) is 0 Å². The van der Waals surface area contributed by atoms with E-state index in [9.17, 15) is 0 Å². The molecule has 0 bridgehead atoms. The van der Waals surface area contributed by atoms with Crippen molar-refractivity contribution in [3.8, 4) is 0 Å². The average Bonchev–Trinajstić information content (AvgIpc) is 1.99. The Morgan fingerprint density at radius 1 is 1.30 bits per heavy atom. The molecule has 1 nitrogen and oxygen atoms in total. The van der Waals surface area contributed by atoms with Crippen LogP contribution in [0.4, 0.5) is 0 Å². The molecule has 0 aliphatic heterocycles. The van der Waals surface area contributed by atoms with E-state index in [1.807, 2.05) is 6.08 Å². The summed E-state index contributed by atoms with van der Waals surface area (Å²) in [6.45, 7) is 6.46. The SMILES string of the molecule is CC/C(C)=C(/C=C\N)CC. The standard InChI is InChI=1S/C9H17N/c1-4-8(3)9(5-2)6-7-10/h6-7H,4-5,10H2,1-3H3/b7-6-,9-8+. The number of rotatable bonds is 3. The van der Waals surface area contributed by atoms with E-state index in [1.165, 1.54) is 11.1 Å². The first kappa shape index (κ1) is 9.28. The minimum Gasteiger partial charge on any atom is -0.405 e. The first-order valence-corrected chi connectivity index (χ1v) is 3.83. The molecule has 0 rings (SSSR count). The van der Waals surface area contributed by atoms with Crippen LogP contribution >= 0.6 is 0 Å². The van der Waals surface area contributed by atoms with Gasteiger partial charge in [0.05, 0.1) is 0 Å². The van der Waals surface area contributed by atoms with Gasteiger partial charge in [-0.05, 0) is 37.6 Å². The zero-order valence-electron chi connectivity index (χ0n) is 7.15. The van der Waals surface area contributed by atoms with Crippen LogP contribution in [0.2, 0.25) is 0 Å². The van der Waals surface area contributed by atoms with Gasteiger partial charge in [-0.25, -0.2) is 0 Å². The first-order chi connectivity index (χ1) is 4.76. The van der Waals surface area contributed by atoms with Gasteiger partial charge in [0.1, 0.15) is 0 Å². The summed E-state index contributed by atoms with van der Waals surface area (Å²) in [5, 5.41) is 0. The molecule has 0 spiro atoms. The number of nitrogens with two attached hydrogens (primary N) is 1. The predicted molar refractivity (Wildman–Crippen MR) is 46.6 cm³/mol. The van der Waals surface area contributed by atoms with Crippen LogP contribution < -0.4 is 5.73 Å². The Balaban J connectivity index is 4.29. The number of hydrogen-bond acceptors (Lipinski definition) is 1. The van der Waals surface area contributed by atoms with E-state index < -0.39 is 0 Å². The third kappa shape index (κ3) is 2.72.